The number of fused-ring (bicyclic) bond motifs is 1. The third-order valence-electron chi connectivity index (χ3n) is 5.86. The fourth-order valence-electron chi connectivity index (χ4n) is 4.02. The standard InChI is InChI=1S/C25H27N3O3S/c1-31-20-10-7-18(8-11-20)16-28-24(30)21-12-9-19(15-22(21)27-25(28)32)23(29)26-14-13-17-5-3-2-4-6-17/h5,7-12,15H,2-4,6,13-14,16H2,1H3,(H,26,29)(H,27,32). The summed E-state index contributed by atoms with van der Waals surface area (Å²) in [5, 5.41) is 3.48. The number of ether oxygens (including phenoxy) is 1. The van der Waals surface area contributed by atoms with Crippen LogP contribution in [0.2, 0.25) is 0 Å². The second-order valence-electron chi connectivity index (χ2n) is 8.04. The molecular weight excluding hydrogens is 422 g/mol. The van der Waals surface area contributed by atoms with Gasteiger partial charge in [-0.15, -0.1) is 0 Å². The summed E-state index contributed by atoms with van der Waals surface area (Å²) >= 11 is 5.44. The lowest BCUT2D eigenvalue weighted by Crippen LogP contribution is -2.26. The van der Waals surface area contributed by atoms with Crippen LogP contribution < -0.4 is 15.6 Å². The third kappa shape index (κ3) is 4.99. The maximum atomic E-state index is 13.0. The summed E-state index contributed by atoms with van der Waals surface area (Å²) in [6.07, 6.45) is 7.95. The predicted octanol–water partition coefficient (Wildman–Crippen LogP) is 4.74. The van der Waals surface area contributed by atoms with E-state index in [1.54, 1.807) is 25.3 Å². The summed E-state index contributed by atoms with van der Waals surface area (Å²) < 4.78 is 7.02. The lowest BCUT2D eigenvalue weighted by molar-refractivity contribution is 0.0954. The van der Waals surface area contributed by atoms with E-state index in [2.05, 4.69) is 16.4 Å². The molecule has 166 valence electrons. The van der Waals surface area contributed by atoms with Gasteiger partial charge in [-0.05, 0) is 80.2 Å². The summed E-state index contributed by atoms with van der Waals surface area (Å²) in [5.41, 5.74) is 3.25. The van der Waals surface area contributed by atoms with Gasteiger partial charge in [0, 0.05) is 12.1 Å². The lowest BCUT2D eigenvalue weighted by Gasteiger charge is -2.13. The lowest BCUT2D eigenvalue weighted by atomic mass is 9.97. The number of aromatic amines is 1. The van der Waals surface area contributed by atoms with Gasteiger partial charge in [-0.2, -0.15) is 0 Å². The molecule has 7 heteroatoms. The van der Waals surface area contributed by atoms with Crippen LogP contribution in [0.5, 0.6) is 5.75 Å². The van der Waals surface area contributed by atoms with E-state index in [9.17, 15) is 9.59 Å². The van der Waals surface area contributed by atoms with E-state index in [0.29, 0.717) is 34.3 Å². The molecule has 4 rings (SSSR count). The van der Waals surface area contributed by atoms with E-state index >= 15 is 0 Å². The van der Waals surface area contributed by atoms with Crippen LogP contribution in [0, 0.1) is 4.77 Å². The van der Waals surface area contributed by atoms with E-state index in [0.717, 1.165) is 30.6 Å². The zero-order valence-corrected chi connectivity index (χ0v) is 19.0. The number of methoxy groups -OCH3 is 1. The fourth-order valence-corrected chi connectivity index (χ4v) is 4.28. The molecule has 1 aromatic heterocycles. The fraction of sp³-hybridized carbons (Fsp3) is 0.320. The Bertz CT molecular complexity index is 1270. The van der Waals surface area contributed by atoms with E-state index in [1.165, 1.54) is 23.0 Å². The quantitative estimate of drug-likeness (QED) is 0.404. The smallest absolute Gasteiger partial charge is 0.262 e. The molecule has 0 unspecified atom stereocenters. The minimum Gasteiger partial charge on any atom is -0.497 e. The van der Waals surface area contributed by atoms with Crippen molar-refractivity contribution >= 4 is 29.0 Å². The van der Waals surface area contributed by atoms with Crippen LogP contribution in [0.4, 0.5) is 0 Å². The summed E-state index contributed by atoms with van der Waals surface area (Å²) in [5.74, 6) is 0.607. The molecule has 3 aromatic rings. The molecule has 0 bridgehead atoms. The van der Waals surface area contributed by atoms with Crippen molar-refractivity contribution in [3.05, 3.63) is 80.4 Å². The highest BCUT2D eigenvalue weighted by molar-refractivity contribution is 7.71. The van der Waals surface area contributed by atoms with Gasteiger partial charge in [0.2, 0.25) is 0 Å². The van der Waals surface area contributed by atoms with E-state index < -0.39 is 0 Å². The van der Waals surface area contributed by atoms with Crippen molar-refractivity contribution in [3.63, 3.8) is 0 Å². The molecule has 0 fully saturated rings. The summed E-state index contributed by atoms with van der Waals surface area (Å²) in [4.78, 5) is 28.8. The molecule has 6 nitrogen and oxygen atoms in total. The molecular formula is C25H27N3O3S. The van der Waals surface area contributed by atoms with Gasteiger partial charge >= 0.3 is 0 Å². The number of allylic oxidation sites excluding steroid dienone is 1. The Hall–Kier alpha value is -3.19. The number of nitrogens with one attached hydrogen (secondary N) is 2. The Balaban J connectivity index is 1.51. The number of carbonyl (C=O) groups is 1. The Morgan fingerprint density at radius 3 is 2.72 bits per heavy atom. The highest BCUT2D eigenvalue weighted by Crippen LogP contribution is 2.19. The Kier molecular flexibility index (Phi) is 6.85. The summed E-state index contributed by atoms with van der Waals surface area (Å²) in [7, 11) is 1.61. The first-order valence-corrected chi connectivity index (χ1v) is 11.3. The van der Waals surface area contributed by atoms with Crippen molar-refractivity contribution in [2.24, 2.45) is 0 Å². The SMILES string of the molecule is COc1ccc(Cn2c(=S)[nH]c3cc(C(=O)NCCC4=CCCCC4)ccc3c2=O)cc1. The number of carbonyl (C=O) groups excluding carboxylic acids is 1. The molecule has 1 aliphatic carbocycles. The van der Waals surface area contributed by atoms with Gasteiger partial charge < -0.3 is 15.0 Å². The zero-order valence-electron chi connectivity index (χ0n) is 18.1. The first kappa shape index (κ1) is 22.0. The molecule has 1 amide bonds. The highest BCUT2D eigenvalue weighted by Gasteiger charge is 2.11. The van der Waals surface area contributed by atoms with E-state index in [4.69, 9.17) is 17.0 Å². The maximum absolute atomic E-state index is 13.0. The van der Waals surface area contributed by atoms with Gasteiger partial charge in [0.1, 0.15) is 5.75 Å². The van der Waals surface area contributed by atoms with Crippen LogP contribution in [0.15, 0.2) is 58.9 Å². The Morgan fingerprint density at radius 1 is 1.19 bits per heavy atom. The number of nitrogens with zero attached hydrogens (tertiary/aromatic N) is 1. The minimum atomic E-state index is -0.184. The number of hydrogen-bond acceptors (Lipinski definition) is 4. The monoisotopic (exact) mass is 449 g/mol. The van der Waals surface area contributed by atoms with Crippen LogP contribution in [0.25, 0.3) is 10.9 Å². The summed E-state index contributed by atoms with van der Waals surface area (Å²) in [6.45, 7) is 0.967. The van der Waals surface area contributed by atoms with Crippen molar-refractivity contribution < 1.29 is 9.53 Å². The summed E-state index contributed by atoms with van der Waals surface area (Å²) in [6, 6.07) is 12.6. The first-order valence-electron chi connectivity index (χ1n) is 10.9. The van der Waals surface area contributed by atoms with Crippen molar-refractivity contribution in [2.75, 3.05) is 13.7 Å². The van der Waals surface area contributed by atoms with E-state index in [-0.39, 0.29) is 11.5 Å². The molecule has 0 saturated carbocycles. The number of rotatable bonds is 7. The average Bonchev–Trinajstić information content (AvgIpc) is 2.82. The van der Waals surface area contributed by atoms with Crippen LogP contribution in [0.1, 0.15) is 48.0 Å². The number of H-pyrrole nitrogens is 1. The molecule has 2 aromatic carbocycles. The van der Waals surface area contributed by atoms with E-state index in [1.807, 2.05) is 24.3 Å². The second-order valence-corrected chi connectivity index (χ2v) is 8.43. The minimum absolute atomic E-state index is 0.148. The molecule has 2 N–H and O–H groups in total. The number of hydrogen-bond donors (Lipinski definition) is 2. The van der Waals surface area contributed by atoms with Crippen LogP contribution >= 0.6 is 12.2 Å². The van der Waals surface area contributed by atoms with Gasteiger partial charge in [0.15, 0.2) is 4.77 Å². The van der Waals surface area contributed by atoms with Crippen molar-refractivity contribution in [3.8, 4) is 5.75 Å². The molecule has 1 heterocycles. The Labute approximate surface area is 191 Å². The molecule has 0 spiro atoms. The largest absolute Gasteiger partial charge is 0.497 e. The highest BCUT2D eigenvalue weighted by atomic mass is 32.1. The second kappa shape index (κ2) is 9.96. The number of benzene rings is 2. The van der Waals surface area contributed by atoms with Gasteiger partial charge in [-0.25, -0.2) is 0 Å². The normalized spacial score (nSPS) is 13.6. The molecule has 1 aliphatic rings. The van der Waals surface area contributed by atoms with Gasteiger partial charge in [0.05, 0.1) is 24.6 Å². The van der Waals surface area contributed by atoms with Crippen LogP contribution in [-0.2, 0) is 6.54 Å². The van der Waals surface area contributed by atoms with Crippen LogP contribution in [-0.4, -0.2) is 29.1 Å². The third-order valence-corrected chi connectivity index (χ3v) is 6.18. The van der Waals surface area contributed by atoms with Crippen LogP contribution in [0.3, 0.4) is 0 Å². The van der Waals surface area contributed by atoms with Gasteiger partial charge in [0.25, 0.3) is 11.5 Å². The molecule has 32 heavy (non-hydrogen) atoms. The predicted molar refractivity (Wildman–Crippen MR) is 129 cm³/mol. The number of amides is 1. The van der Waals surface area contributed by atoms with Crippen molar-refractivity contribution in [1.82, 2.24) is 14.9 Å². The average molecular weight is 450 g/mol. The first-order chi connectivity index (χ1) is 15.5. The number of aromatic nitrogens is 2. The molecule has 0 atom stereocenters. The molecule has 0 radical (unpaired) electrons. The molecule has 0 saturated heterocycles. The zero-order chi connectivity index (χ0) is 22.5. The van der Waals surface area contributed by atoms with Crippen molar-refractivity contribution in [2.45, 2.75) is 38.6 Å². The maximum Gasteiger partial charge on any atom is 0.262 e. The Morgan fingerprint density at radius 2 is 2.00 bits per heavy atom. The van der Waals surface area contributed by atoms with Gasteiger partial charge in [-0.1, -0.05) is 23.8 Å². The molecule has 0 aliphatic heterocycles. The van der Waals surface area contributed by atoms with Crippen molar-refractivity contribution in [1.29, 1.82) is 0 Å². The topological polar surface area (TPSA) is 76.1 Å². The van der Waals surface area contributed by atoms with Gasteiger partial charge in [-0.3, -0.25) is 14.2 Å².